The summed E-state index contributed by atoms with van der Waals surface area (Å²) in [5, 5.41) is 2.48. The van der Waals surface area contributed by atoms with Crippen molar-refractivity contribution < 1.29 is 0 Å². The first kappa shape index (κ1) is 16.2. The van der Waals surface area contributed by atoms with Crippen LogP contribution < -0.4 is 4.90 Å². The van der Waals surface area contributed by atoms with Crippen molar-refractivity contribution in [2.24, 2.45) is 0 Å². The molecule has 4 aromatic carbocycles. The number of nitrogens with zero attached hydrogens (tertiary/aromatic N) is 1. The van der Waals surface area contributed by atoms with Crippen LogP contribution in [0.5, 0.6) is 0 Å². The third kappa shape index (κ3) is 3.00. The van der Waals surface area contributed by atoms with E-state index < -0.39 is 0 Å². The summed E-state index contributed by atoms with van der Waals surface area (Å²) in [5.41, 5.74) is 5.84. The third-order valence-electron chi connectivity index (χ3n) is 4.69. The first-order valence-electron chi connectivity index (χ1n) is 8.83. The number of fused-ring (bicyclic) bond motifs is 1. The molecule has 0 saturated heterocycles. The zero-order valence-corrected chi connectivity index (χ0v) is 14.9. The van der Waals surface area contributed by atoms with Crippen molar-refractivity contribution >= 4 is 33.9 Å². The molecule has 4 rings (SSSR count). The van der Waals surface area contributed by atoms with Crippen LogP contribution in [0.1, 0.15) is 11.1 Å². The highest BCUT2D eigenvalue weighted by molar-refractivity contribution is 5.98. The lowest BCUT2D eigenvalue weighted by Crippen LogP contribution is -2.10. The maximum Gasteiger partial charge on any atom is 0.0540 e. The summed E-state index contributed by atoms with van der Waals surface area (Å²) >= 11 is 0. The fourth-order valence-electron chi connectivity index (χ4n) is 3.28. The highest BCUT2D eigenvalue weighted by Gasteiger charge is 2.14. The average Bonchev–Trinajstić information content (AvgIpc) is 2.70. The van der Waals surface area contributed by atoms with Crippen LogP contribution >= 0.6 is 0 Å². The molecule has 0 radical (unpaired) electrons. The summed E-state index contributed by atoms with van der Waals surface area (Å²) < 4.78 is 0. The van der Waals surface area contributed by atoms with Crippen molar-refractivity contribution in [1.29, 1.82) is 0 Å². The molecule has 0 N–H and O–H groups in total. The van der Waals surface area contributed by atoms with Crippen molar-refractivity contribution in [2.45, 2.75) is 6.92 Å². The molecule has 0 fully saturated rings. The standard InChI is InChI=1S/C25H21N/c1-3-20-13-17-23(18-14-20)26(22-15-11-19(2)12-16-22)25-10-6-8-21-7-4-5-9-24(21)25/h3-18H,1H2,2H3. The molecular weight excluding hydrogens is 314 g/mol. The first-order chi connectivity index (χ1) is 12.8. The van der Waals surface area contributed by atoms with E-state index in [9.17, 15) is 0 Å². The van der Waals surface area contributed by atoms with Crippen LogP contribution in [0.3, 0.4) is 0 Å². The molecule has 0 unspecified atom stereocenters. The van der Waals surface area contributed by atoms with Crippen LogP contribution in [0.4, 0.5) is 17.1 Å². The van der Waals surface area contributed by atoms with Gasteiger partial charge in [0.2, 0.25) is 0 Å². The largest absolute Gasteiger partial charge is 0.310 e. The second-order valence-corrected chi connectivity index (χ2v) is 6.46. The smallest absolute Gasteiger partial charge is 0.0540 e. The average molecular weight is 335 g/mol. The highest BCUT2D eigenvalue weighted by Crippen LogP contribution is 2.38. The molecule has 0 aliphatic carbocycles. The van der Waals surface area contributed by atoms with Gasteiger partial charge in [-0.1, -0.05) is 78.9 Å². The second kappa shape index (κ2) is 6.89. The third-order valence-corrected chi connectivity index (χ3v) is 4.69. The van der Waals surface area contributed by atoms with Gasteiger partial charge < -0.3 is 4.90 Å². The Hall–Kier alpha value is -3.32. The van der Waals surface area contributed by atoms with E-state index >= 15 is 0 Å². The monoisotopic (exact) mass is 335 g/mol. The molecule has 1 nitrogen and oxygen atoms in total. The quantitative estimate of drug-likeness (QED) is 0.379. The number of hydrogen-bond acceptors (Lipinski definition) is 1. The minimum atomic E-state index is 1.12. The molecule has 0 saturated carbocycles. The van der Waals surface area contributed by atoms with E-state index in [-0.39, 0.29) is 0 Å². The summed E-state index contributed by atoms with van der Waals surface area (Å²) in [6.07, 6.45) is 1.87. The van der Waals surface area contributed by atoms with Gasteiger partial charge in [0.1, 0.15) is 0 Å². The molecule has 0 aliphatic heterocycles. The molecule has 26 heavy (non-hydrogen) atoms. The summed E-state index contributed by atoms with van der Waals surface area (Å²) in [7, 11) is 0. The van der Waals surface area contributed by atoms with Gasteiger partial charge in [-0.05, 0) is 48.2 Å². The van der Waals surface area contributed by atoms with Gasteiger partial charge in [-0.25, -0.2) is 0 Å². The van der Waals surface area contributed by atoms with Crippen LogP contribution in [-0.2, 0) is 0 Å². The Morgan fingerprint density at radius 1 is 0.692 bits per heavy atom. The number of hydrogen-bond donors (Lipinski definition) is 0. The van der Waals surface area contributed by atoms with E-state index in [4.69, 9.17) is 0 Å². The van der Waals surface area contributed by atoms with Gasteiger partial charge in [0.05, 0.1) is 5.69 Å². The topological polar surface area (TPSA) is 3.24 Å². The molecule has 0 aromatic heterocycles. The van der Waals surface area contributed by atoms with E-state index in [2.05, 4.69) is 109 Å². The van der Waals surface area contributed by atoms with Gasteiger partial charge in [-0.15, -0.1) is 0 Å². The summed E-state index contributed by atoms with van der Waals surface area (Å²) in [5.74, 6) is 0. The van der Waals surface area contributed by atoms with Crippen molar-refractivity contribution in [3.05, 3.63) is 109 Å². The summed E-state index contributed by atoms with van der Waals surface area (Å²) in [4.78, 5) is 2.31. The maximum absolute atomic E-state index is 3.86. The Balaban J connectivity index is 1.94. The molecule has 126 valence electrons. The normalized spacial score (nSPS) is 10.7. The van der Waals surface area contributed by atoms with Crippen LogP contribution in [0, 0.1) is 6.92 Å². The van der Waals surface area contributed by atoms with Gasteiger partial charge in [0.25, 0.3) is 0 Å². The van der Waals surface area contributed by atoms with E-state index in [1.165, 1.54) is 22.0 Å². The Labute approximate surface area is 154 Å². The zero-order chi connectivity index (χ0) is 17.9. The number of anilines is 3. The zero-order valence-electron chi connectivity index (χ0n) is 14.9. The van der Waals surface area contributed by atoms with E-state index in [1.54, 1.807) is 0 Å². The van der Waals surface area contributed by atoms with Crippen LogP contribution in [0.25, 0.3) is 16.8 Å². The minimum absolute atomic E-state index is 1.12. The van der Waals surface area contributed by atoms with Crippen molar-refractivity contribution in [1.82, 2.24) is 0 Å². The maximum atomic E-state index is 3.86. The summed E-state index contributed by atoms with van der Waals surface area (Å²) in [6.45, 7) is 5.97. The lowest BCUT2D eigenvalue weighted by Gasteiger charge is -2.27. The van der Waals surface area contributed by atoms with Crippen LogP contribution in [0.15, 0.2) is 97.6 Å². The molecule has 0 heterocycles. The van der Waals surface area contributed by atoms with Gasteiger partial charge in [-0.2, -0.15) is 0 Å². The van der Waals surface area contributed by atoms with Crippen molar-refractivity contribution in [3.63, 3.8) is 0 Å². The van der Waals surface area contributed by atoms with E-state index in [0.717, 1.165) is 16.9 Å². The van der Waals surface area contributed by atoms with E-state index in [1.807, 2.05) is 6.08 Å². The van der Waals surface area contributed by atoms with Gasteiger partial charge >= 0.3 is 0 Å². The molecule has 0 aliphatic rings. The van der Waals surface area contributed by atoms with Crippen molar-refractivity contribution in [2.75, 3.05) is 4.90 Å². The lowest BCUT2D eigenvalue weighted by atomic mass is 10.1. The Morgan fingerprint density at radius 2 is 1.31 bits per heavy atom. The van der Waals surface area contributed by atoms with Crippen LogP contribution in [-0.4, -0.2) is 0 Å². The summed E-state index contributed by atoms with van der Waals surface area (Å²) in [6, 6.07) is 32.2. The number of rotatable bonds is 4. The molecule has 1 heteroatoms. The first-order valence-corrected chi connectivity index (χ1v) is 8.83. The Bertz CT molecular complexity index is 1040. The Morgan fingerprint density at radius 3 is 2.00 bits per heavy atom. The van der Waals surface area contributed by atoms with Gasteiger partial charge in [0.15, 0.2) is 0 Å². The number of aryl methyl sites for hydroxylation is 1. The van der Waals surface area contributed by atoms with Crippen molar-refractivity contribution in [3.8, 4) is 0 Å². The molecule has 0 spiro atoms. The van der Waals surface area contributed by atoms with Crippen LogP contribution in [0.2, 0.25) is 0 Å². The van der Waals surface area contributed by atoms with Gasteiger partial charge in [-0.3, -0.25) is 0 Å². The fraction of sp³-hybridized carbons (Fsp3) is 0.0400. The number of benzene rings is 4. The van der Waals surface area contributed by atoms with E-state index in [0.29, 0.717) is 0 Å². The Kier molecular flexibility index (Phi) is 4.28. The second-order valence-electron chi connectivity index (χ2n) is 6.46. The highest BCUT2D eigenvalue weighted by atomic mass is 15.1. The molecule has 0 amide bonds. The predicted molar refractivity (Wildman–Crippen MR) is 113 cm³/mol. The lowest BCUT2D eigenvalue weighted by molar-refractivity contribution is 1.29. The molecule has 0 atom stereocenters. The molecule has 0 bridgehead atoms. The SMILES string of the molecule is C=Cc1ccc(N(c2ccc(C)cc2)c2cccc3ccccc23)cc1. The fourth-order valence-corrected chi connectivity index (χ4v) is 3.28. The molecular formula is C25H21N. The molecule has 4 aromatic rings. The van der Waals surface area contributed by atoms with Gasteiger partial charge in [0, 0.05) is 16.8 Å². The minimum Gasteiger partial charge on any atom is -0.310 e. The predicted octanol–water partition coefficient (Wildman–Crippen LogP) is 7.26.